The number of hydrogen-bond donors (Lipinski definition) is 2. The van der Waals surface area contributed by atoms with E-state index in [4.69, 9.17) is 11.6 Å². The molecule has 0 spiro atoms. The van der Waals surface area contributed by atoms with Gasteiger partial charge in [0, 0.05) is 38.2 Å². The predicted octanol–water partition coefficient (Wildman–Crippen LogP) is 3.38. The number of piperidine rings is 1. The maximum absolute atomic E-state index is 12.9. The van der Waals surface area contributed by atoms with Crippen LogP contribution in [0.2, 0.25) is 5.02 Å². The van der Waals surface area contributed by atoms with Crippen LogP contribution in [-0.4, -0.2) is 38.8 Å². The minimum absolute atomic E-state index is 0.348. The molecule has 156 valence electrons. The van der Waals surface area contributed by atoms with Crippen LogP contribution in [0.3, 0.4) is 0 Å². The van der Waals surface area contributed by atoms with Crippen molar-refractivity contribution in [2.45, 2.75) is 37.2 Å². The topological polar surface area (TPSA) is 73.8 Å². The highest BCUT2D eigenvalue weighted by molar-refractivity contribution is 7.89. The third kappa shape index (κ3) is 5.95. The molecule has 0 saturated carbocycles. The molecule has 0 amide bonds. The highest BCUT2D eigenvalue weighted by Gasteiger charge is 2.25. The molecule has 0 unspecified atom stereocenters. The van der Waals surface area contributed by atoms with Gasteiger partial charge in [0.05, 0.1) is 4.90 Å². The van der Waals surface area contributed by atoms with Crippen molar-refractivity contribution in [1.29, 1.82) is 0 Å². The first-order chi connectivity index (χ1) is 14.0. The van der Waals surface area contributed by atoms with Crippen LogP contribution in [0.25, 0.3) is 0 Å². The first kappa shape index (κ1) is 21.6. The lowest BCUT2D eigenvalue weighted by Crippen LogP contribution is -2.36. The monoisotopic (exact) mass is 434 g/mol. The van der Waals surface area contributed by atoms with Gasteiger partial charge in [-0.05, 0) is 48.2 Å². The van der Waals surface area contributed by atoms with Crippen LogP contribution in [0, 0.1) is 0 Å². The maximum atomic E-state index is 12.9. The molecule has 6 nitrogen and oxygen atoms in total. The molecule has 1 saturated heterocycles. The van der Waals surface area contributed by atoms with Gasteiger partial charge in [0.1, 0.15) is 0 Å². The molecule has 8 heteroatoms. The Morgan fingerprint density at radius 1 is 1.00 bits per heavy atom. The summed E-state index contributed by atoms with van der Waals surface area (Å²) in [5, 5.41) is 7.15. The highest BCUT2D eigenvalue weighted by Crippen LogP contribution is 2.21. The van der Waals surface area contributed by atoms with Crippen LogP contribution in [0.5, 0.6) is 0 Å². The Hall–Kier alpha value is -2.09. The van der Waals surface area contributed by atoms with E-state index in [-0.39, 0.29) is 0 Å². The summed E-state index contributed by atoms with van der Waals surface area (Å²) in [6, 6.07) is 14.7. The molecule has 0 aromatic heterocycles. The van der Waals surface area contributed by atoms with Crippen molar-refractivity contribution in [2.75, 3.05) is 20.1 Å². The molecule has 1 aliphatic rings. The summed E-state index contributed by atoms with van der Waals surface area (Å²) < 4.78 is 27.4. The largest absolute Gasteiger partial charge is 0.352 e. The fourth-order valence-electron chi connectivity index (χ4n) is 3.31. The number of nitrogens with zero attached hydrogens (tertiary/aromatic N) is 2. The van der Waals surface area contributed by atoms with Gasteiger partial charge in [-0.15, -0.1) is 0 Å². The Morgan fingerprint density at radius 3 is 2.24 bits per heavy atom. The van der Waals surface area contributed by atoms with E-state index in [2.05, 4.69) is 15.6 Å². The zero-order valence-corrected chi connectivity index (χ0v) is 18.1. The van der Waals surface area contributed by atoms with Crippen molar-refractivity contribution in [2.24, 2.45) is 4.99 Å². The summed E-state index contributed by atoms with van der Waals surface area (Å²) in [7, 11) is -1.73. The third-order valence-corrected chi connectivity index (χ3v) is 7.01. The van der Waals surface area contributed by atoms with Gasteiger partial charge in [0.15, 0.2) is 5.96 Å². The van der Waals surface area contributed by atoms with E-state index in [0.29, 0.717) is 42.1 Å². The molecule has 1 aliphatic heterocycles. The van der Waals surface area contributed by atoms with Gasteiger partial charge in [0.25, 0.3) is 0 Å². The van der Waals surface area contributed by atoms with Crippen molar-refractivity contribution >= 4 is 27.6 Å². The highest BCUT2D eigenvalue weighted by atomic mass is 35.5. The quantitative estimate of drug-likeness (QED) is 0.540. The van der Waals surface area contributed by atoms with Crippen LogP contribution in [0.4, 0.5) is 0 Å². The zero-order chi connectivity index (χ0) is 20.7. The maximum Gasteiger partial charge on any atom is 0.243 e. The Morgan fingerprint density at radius 2 is 1.62 bits per heavy atom. The van der Waals surface area contributed by atoms with Gasteiger partial charge < -0.3 is 10.6 Å². The summed E-state index contributed by atoms with van der Waals surface area (Å²) in [5.41, 5.74) is 1.93. The lowest BCUT2D eigenvalue weighted by molar-refractivity contribution is 0.346. The summed E-state index contributed by atoms with van der Waals surface area (Å²) in [6.07, 6.45) is 2.95. The van der Waals surface area contributed by atoms with Crippen LogP contribution < -0.4 is 10.6 Å². The fourth-order valence-corrected chi connectivity index (χ4v) is 5.11. The van der Waals surface area contributed by atoms with E-state index in [9.17, 15) is 8.42 Å². The molecular formula is C21H27ClN4O2S. The van der Waals surface area contributed by atoms with Crippen molar-refractivity contribution in [3.8, 4) is 0 Å². The molecule has 2 N–H and O–H groups in total. The number of hydrogen-bond acceptors (Lipinski definition) is 3. The number of nitrogens with one attached hydrogen (secondary N) is 2. The van der Waals surface area contributed by atoms with Crippen molar-refractivity contribution in [3.63, 3.8) is 0 Å². The van der Waals surface area contributed by atoms with E-state index >= 15 is 0 Å². The number of benzene rings is 2. The average molecular weight is 435 g/mol. The Kier molecular flexibility index (Phi) is 7.52. The van der Waals surface area contributed by atoms with Crippen LogP contribution >= 0.6 is 11.6 Å². The van der Waals surface area contributed by atoms with Gasteiger partial charge in [-0.25, -0.2) is 8.42 Å². The van der Waals surface area contributed by atoms with Gasteiger partial charge >= 0.3 is 0 Å². The number of halogens is 1. The fraction of sp³-hybridized carbons (Fsp3) is 0.381. The second-order valence-corrected chi connectivity index (χ2v) is 9.40. The Bertz CT molecular complexity index is 957. The first-order valence-electron chi connectivity index (χ1n) is 9.77. The second-order valence-electron chi connectivity index (χ2n) is 7.02. The standard InChI is InChI=1S/C21H27ClN4O2S/c1-23-21(24-15-17-7-5-9-19(22)13-17)25-16-18-8-6-10-20(14-18)29(27,28)26-11-3-2-4-12-26/h5-10,13-14H,2-4,11-12,15-16H2,1H3,(H2,23,24,25). The Balaban J connectivity index is 1.60. The van der Waals surface area contributed by atoms with Crippen LogP contribution in [0.1, 0.15) is 30.4 Å². The lowest BCUT2D eigenvalue weighted by atomic mass is 10.2. The smallest absolute Gasteiger partial charge is 0.243 e. The predicted molar refractivity (Wildman–Crippen MR) is 118 cm³/mol. The molecule has 0 atom stereocenters. The summed E-state index contributed by atoms with van der Waals surface area (Å²) in [6.45, 7) is 2.26. The molecule has 29 heavy (non-hydrogen) atoms. The molecular weight excluding hydrogens is 408 g/mol. The van der Waals surface area contributed by atoms with Gasteiger partial charge in [0.2, 0.25) is 10.0 Å². The number of guanidine groups is 1. The minimum atomic E-state index is -3.43. The van der Waals surface area contributed by atoms with E-state index < -0.39 is 10.0 Å². The van der Waals surface area contributed by atoms with Crippen molar-refractivity contribution < 1.29 is 8.42 Å². The molecule has 2 aromatic rings. The van der Waals surface area contributed by atoms with E-state index in [1.807, 2.05) is 30.3 Å². The summed E-state index contributed by atoms with van der Waals surface area (Å²) >= 11 is 6.02. The van der Waals surface area contributed by atoms with Gasteiger partial charge in [-0.2, -0.15) is 4.31 Å². The molecule has 2 aromatic carbocycles. The van der Waals surface area contributed by atoms with Crippen molar-refractivity contribution in [3.05, 3.63) is 64.7 Å². The van der Waals surface area contributed by atoms with Crippen LogP contribution in [0.15, 0.2) is 58.4 Å². The molecule has 0 aliphatic carbocycles. The molecule has 3 rings (SSSR count). The molecule has 0 radical (unpaired) electrons. The number of sulfonamides is 1. The number of aliphatic imine (C=N–C) groups is 1. The number of rotatable bonds is 6. The molecule has 0 bridgehead atoms. The Labute approximate surface area is 178 Å². The van der Waals surface area contributed by atoms with E-state index in [1.165, 1.54) is 0 Å². The normalized spacial score (nSPS) is 15.9. The van der Waals surface area contributed by atoms with E-state index in [1.54, 1.807) is 29.6 Å². The summed E-state index contributed by atoms with van der Waals surface area (Å²) in [4.78, 5) is 4.57. The van der Waals surface area contributed by atoms with Gasteiger partial charge in [-0.3, -0.25) is 4.99 Å². The zero-order valence-electron chi connectivity index (χ0n) is 16.6. The summed E-state index contributed by atoms with van der Waals surface area (Å²) in [5.74, 6) is 0.634. The second kappa shape index (κ2) is 10.1. The molecule has 1 fully saturated rings. The van der Waals surface area contributed by atoms with Crippen molar-refractivity contribution in [1.82, 2.24) is 14.9 Å². The van der Waals surface area contributed by atoms with Crippen LogP contribution in [-0.2, 0) is 23.1 Å². The third-order valence-electron chi connectivity index (χ3n) is 4.88. The minimum Gasteiger partial charge on any atom is -0.352 e. The molecule has 1 heterocycles. The van der Waals surface area contributed by atoms with E-state index in [0.717, 1.165) is 30.4 Å². The average Bonchev–Trinajstić information content (AvgIpc) is 2.75. The van der Waals surface area contributed by atoms with Gasteiger partial charge in [-0.1, -0.05) is 42.3 Å². The SMILES string of the molecule is CN=C(NCc1cccc(Cl)c1)NCc1cccc(S(=O)(=O)N2CCCCC2)c1. The lowest BCUT2D eigenvalue weighted by Gasteiger charge is -2.26. The first-order valence-corrected chi connectivity index (χ1v) is 11.6.